The Morgan fingerprint density at radius 2 is 1.75 bits per heavy atom. The number of nitrogens with one attached hydrogen (secondary N) is 1. The Labute approximate surface area is 149 Å². The summed E-state index contributed by atoms with van der Waals surface area (Å²) in [7, 11) is 0. The summed E-state index contributed by atoms with van der Waals surface area (Å²) in [6, 6.07) is 7.20. The van der Waals surface area contributed by atoms with E-state index >= 15 is 0 Å². The lowest BCUT2D eigenvalue weighted by molar-refractivity contribution is -0.134. The van der Waals surface area contributed by atoms with E-state index in [0.717, 1.165) is 22.6 Å². The highest BCUT2D eigenvalue weighted by Crippen LogP contribution is 2.19. The maximum atomic E-state index is 12.9. The number of nitrogens with zero attached hydrogens (tertiary/aromatic N) is 1. The normalized spacial score (nSPS) is 11.9. The molecule has 24 heavy (non-hydrogen) atoms. The maximum absolute atomic E-state index is 12.9. The molecule has 0 spiro atoms. The van der Waals surface area contributed by atoms with Gasteiger partial charge in [0.25, 0.3) is 0 Å². The van der Waals surface area contributed by atoms with E-state index in [1.54, 1.807) is 27.6 Å². The van der Waals surface area contributed by atoms with E-state index in [-0.39, 0.29) is 5.91 Å². The third-order valence-electron chi connectivity index (χ3n) is 3.61. The number of hydrogen-bond donors (Lipinski definition) is 2. The van der Waals surface area contributed by atoms with Crippen molar-refractivity contribution in [3.8, 4) is 0 Å². The monoisotopic (exact) mass is 366 g/mol. The number of carbonyl (C=O) groups excluding carboxylic acids is 1. The van der Waals surface area contributed by atoms with Crippen LogP contribution in [0, 0.1) is 0 Å². The van der Waals surface area contributed by atoms with Crippen molar-refractivity contribution in [2.75, 3.05) is 0 Å². The summed E-state index contributed by atoms with van der Waals surface area (Å²) in [6.45, 7) is 3.02. The quantitative estimate of drug-likeness (QED) is 0.700. The molecule has 2 heterocycles. The molecule has 0 aromatic carbocycles. The SMILES string of the molecule is CCCC[C@H](NC(=O)O)C(=O)N(Cc1cccs1)Cc1cccs1. The molecule has 0 radical (unpaired) electrons. The standard InChI is InChI=1S/C17H22N2O3S2/c1-2-3-8-15(18-17(21)22)16(20)19(11-13-6-4-9-23-13)12-14-7-5-10-24-14/h4-7,9-10,15,18H,2-3,8,11-12H2,1H3,(H,21,22)/t15-/m0/s1. The minimum atomic E-state index is -1.16. The molecule has 2 N–H and O–H groups in total. The van der Waals surface area contributed by atoms with E-state index in [4.69, 9.17) is 5.11 Å². The van der Waals surface area contributed by atoms with E-state index < -0.39 is 12.1 Å². The average molecular weight is 367 g/mol. The predicted octanol–water partition coefficient (Wildman–Crippen LogP) is 4.16. The summed E-state index contributed by atoms with van der Waals surface area (Å²) in [5.74, 6) is -0.160. The van der Waals surface area contributed by atoms with Crippen LogP contribution in [-0.2, 0) is 17.9 Å². The first-order valence-corrected chi connectivity index (χ1v) is 9.69. The molecule has 2 aromatic rings. The van der Waals surface area contributed by atoms with Crippen molar-refractivity contribution in [2.45, 2.75) is 45.3 Å². The predicted molar refractivity (Wildman–Crippen MR) is 97.4 cm³/mol. The molecule has 130 valence electrons. The van der Waals surface area contributed by atoms with Gasteiger partial charge in [-0.15, -0.1) is 22.7 Å². The van der Waals surface area contributed by atoms with Crippen molar-refractivity contribution in [3.63, 3.8) is 0 Å². The fourth-order valence-electron chi connectivity index (χ4n) is 2.43. The molecule has 5 nitrogen and oxygen atoms in total. The first-order valence-electron chi connectivity index (χ1n) is 7.93. The fraction of sp³-hybridized carbons (Fsp3) is 0.412. The number of rotatable bonds is 9. The minimum Gasteiger partial charge on any atom is -0.465 e. The smallest absolute Gasteiger partial charge is 0.405 e. The van der Waals surface area contributed by atoms with Gasteiger partial charge in [0.2, 0.25) is 5.91 Å². The van der Waals surface area contributed by atoms with Gasteiger partial charge in [0.05, 0.1) is 13.1 Å². The van der Waals surface area contributed by atoms with Crippen LogP contribution in [0.3, 0.4) is 0 Å². The zero-order chi connectivity index (χ0) is 17.4. The van der Waals surface area contributed by atoms with E-state index in [2.05, 4.69) is 5.32 Å². The van der Waals surface area contributed by atoms with Crippen LogP contribution < -0.4 is 5.32 Å². The Morgan fingerprint density at radius 1 is 1.17 bits per heavy atom. The molecule has 0 saturated carbocycles. The van der Waals surface area contributed by atoms with Crippen molar-refractivity contribution < 1.29 is 14.7 Å². The van der Waals surface area contributed by atoms with E-state index in [1.807, 2.05) is 41.9 Å². The second-order valence-corrected chi connectivity index (χ2v) is 7.56. The average Bonchev–Trinajstić information content (AvgIpc) is 3.23. The second kappa shape index (κ2) is 9.44. The van der Waals surface area contributed by atoms with Crippen molar-refractivity contribution in [1.29, 1.82) is 0 Å². The van der Waals surface area contributed by atoms with Crippen LogP contribution in [0.1, 0.15) is 35.9 Å². The lowest BCUT2D eigenvalue weighted by Crippen LogP contribution is -2.47. The number of thiophene rings is 2. The summed E-state index contributed by atoms with van der Waals surface area (Å²) in [4.78, 5) is 27.9. The van der Waals surface area contributed by atoms with Crippen molar-refractivity contribution in [2.24, 2.45) is 0 Å². The van der Waals surface area contributed by atoms with Crippen molar-refractivity contribution >= 4 is 34.7 Å². The molecule has 0 saturated heterocycles. The molecule has 1 atom stereocenters. The van der Waals surface area contributed by atoms with Gasteiger partial charge in [0, 0.05) is 9.75 Å². The molecule has 0 unspecified atom stereocenters. The van der Waals surface area contributed by atoms with Crippen LogP contribution >= 0.6 is 22.7 Å². The van der Waals surface area contributed by atoms with Gasteiger partial charge in [-0.1, -0.05) is 31.9 Å². The van der Waals surface area contributed by atoms with Crippen LogP contribution in [-0.4, -0.2) is 28.0 Å². The maximum Gasteiger partial charge on any atom is 0.405 e. The first-order chi connectivity index (χ1) is 11.6. The molecular formula is C17H22N2O3S2. The number of hydrogen-bond acceptors (Lipinski definition) is 4. The third kappa shape index (κ3) is 5.65. The molecule has 7 heteroatoms. The number of amides is 2. The molecule has 0 bridgehead atoms. The number of unbranched alkanes of at least 4 members (excludes halogenated alkanes) is 1. The van der Waals surface area contributed by atoms with Crippen LogP contribution in [0.2, 0.25) is 0 Å². The highest BCUT2D eigenvalue weighted by Gasteiger charge is 2.26. The van der Waals surface area contributed by atoms with Crippen molar-refractivity contribution in [3.05, 3.63) is 44.8 Å². The molecule has 2 amide bonds. The third-order valence-corrected chi connectivity index (χ3v) is 5.33. The Bertz CT molecular complexity index is 590. The van der Waals surface area contributed by atoms with Crippen LogP contribution in [0.4, 0.5) is 4.79 Å². The molecule has 0 fully saturated rings. The Balaban J connectivity index is 2.14. The summed E-state index contributed by atoms with van der Waals surface area (Å²) in [6.07, 6.45) is 1.09. The zero-order valence-electron chi connectivity index (χ0n) is 13.6. The number of carbonyl (C=O) groups is 2. The Kier molecular flexibility index (Phi) is 7.27. The van der Waals surface area contributed by atoms with Crippen LogP contribution in [0.15, 0.2) is 35.0 Å². The topological polar surface area (TPSA) is 69.6 Å². The first kappa shape index (κ1) is 18.5. The summed E-state index contributed by atoms with van der Waals surface area (Å²) in [5, 5.41) is 15.4. The summed E-state index contributed by atoms with van der Waals surface area (Å²) >= 11 is 3.20. The van der Waals surface area contributed by atoms with Gasteiger partial charge < -0.3 is 15.3 Å². The molecule has 2 rings (SSSR count). The van der Waals surface area contributed by atoms with E-state index in [0.29, 0.717) is 19.5 Å². The summed E-state index contributed by atoms with van der Waals surface area (Å²) in [5.41, 5.74) is 0. The molecule has 2 aromatic heterocycles. The lowest BCUT2D eigenvalue weighted by atomic mass is 10.1. The van der Waals surface area contributed by atoms with Gasteiger partial charge in [-0.3, -0.25) is 4.79 Å². The van der Waals surface area contributed by atoms with Crippen LogP contribution in [0.5, 0.6) is 0 Å². The van der Waals surface area contributed by atoms with Gasteiger partial charge in [0.1, 0.15) is 6.04 Å². The van der Waals surface area contributed by atoms with Gasteiger partial charge in [-0.2, -0.15) is 0 Å². The Hall–Kier alpha value is -1.86. The summed E-state index contributed by atoms with van der Waals surface area (Å²) < 4.78 is 0. The largest absolute Gasteiger partial charge is 0.465 e. The van der Waals surface area contributed by atoms with Crippen LogP contribution in [0.25, 0.3) is 0 Å². The molecule has 0 aliphatic rings. The highest BCUT2D eigenvalue weighted by atomic mass is 32.1. The van der Waals surface area contributed by atoms with Gasteiger partial charge in [-0.05, 0) is 29.3 Å². The zero-order valence-corrected chi connectivity index (χ0v) is 15.2. The number of carboxylic acid groups (broad SMARTS) is 1. The second-order valence-electron chi connectivity index (χ2n) is 5.50. The highest BCUT2D eigenvalue weighted by molar-refractivity contribution is 7.10. The van der Waals surface area contributed by atoms with E-state index in [9.17, 15) is 9.59 Å². The Morgan fingerprint density at radius 3 is 2.17 bits per heavy atom. The lowest BCUT2D eigenvalue weighted by Gasteiger charge is -2.26. The van der Waals surface area contributed by atoms with Gasteiger partial charge in [-0.25, -0.2) is 4.79 Å². The van der Waals surface area contributed by atoms with Gasteiger partial charge in [0.15, 0.2) is 0 Å². The van der Waals surface area contributed by atoms with Gasteiger partial charge >= 0.3 is 6.09 Å². The molecular weight excluding hydrogens is 344 g/mol. The van der Waals surface area contributed by atoms with Crippen molar-refractivity contribution in [1.82, 2.24) is 10.2 Å². The molecule has 0 aliphatic carbocycles. The van der Waals surface area contributed by atoms with E-state index in [1.165, 1.54) is 0 Å². The molecule has 0 aliphatic heterocycles. The minimum absolute atomic E-state index is 0.160. The fourth-order valence-corrected chi connectivity index (χ4v) is 3.87.